The minimum Gasteiger partial charge on any atom is -0.271 e. The molecule has 0 aliphatic carbocycles. The van der Waals surface area contributed by atoms with Gasteiger partial charge in [0.25, 0.3) is 0 Å². The first-order valence-electron chi connectivity index (χ1n) is 6.18. The molecule has 2 aromatic rings. The van der Waals surface area contributed by atoms with Gasteiger partial charge in [-0.2, -0.15) is 0 Å². The molecule has 0 amide bonds. The summed E-state index contributed by atoms with van der Waals surface area (Å²) in [6.07, 6.45) is 0.665. The van der Waals surface area contributed by atoms with Crippen LogP contribution in [-0.4, -0.2) is 0 Å². The Labute approximate surface area is 137 Å². The number of nitrogens with two attached hydrogens (primary N) is 1. The molecule has 0 radical (unpaired) electrons. The van der Waals surface area contributed by atoms with Crippen LogP contribution in [0.4, 0.5) is 0 Å². The molecule has 0 saturated carbocycles. The van der Waals surface area contributed by atoms with E-state index in [0.717, 1.165) is 15.6 Å². The van der Waals surface area contributed by atoms with Crippen molar-refractivity contribution in [1.29, 1.82) is 0 Å². The van der Waals surface area contributed by atoms with Crippen LogP contribution < -0.4 is 11.3 Å². The van der Waals surface area contributed by atoms with Gasteiger partial charge in [0, 0.05) is 14.5 Å². The summed E-state index contributed by atoms with van der Waals surface area (Å²) in [6.45, 7) is 2.05. The van der Waals surface area contributed by atoms with Crippen LogP contribution in [0.25, 0.3) is 0 Å². The first-order chi connectivity index (χ1) is 9.52. The third-order valence-corrected chi connectivity index (χ3v) is 4.92. The van der Waals surface area contributed by atoms with E-state index in [2.05, 4.69) is 21.4 Å². The summed E-state index contributed by atoms with van der Waals surface area (Å²) in [5.74, 6) is 5.71. The van der Waals surface area contributed by atoms with E-state index in [1.54, 1.807) is 12.1 Å². The minimum atomic E-state index is -0.0414. The number of benzene rings is 2. The first-order valence-corrected chi connectivity index (χ1v) is 7.73. The lowest BCUT2D eigenvalue weighted by atomic mass is 9.98. The van der Waals surface area contributed by atoms with Crippen LogP contribution in [-0.2, 0) is 6.42 Å². The van der Waals surface area contributed by atoms with Crippen molar-refractivity contribution in [2.24, 2.45) is 5.84 Å². The number of aryl methyl sites for hydroxylation is 1. The van der Waals surface area contributed by atoms with Crippen LogP contribution in [0.2, 0.25) is 10.0 Å². The highest BCUT2D eigenvalue weighted by molar-refractivity contribution is 9.10. The van der Waals surface area contributed by atoms with Crippen molar-refractivity contribution in [2.75, 3.05) is 0 Å². The summed E-state index contributed by atoms with van der Waals surface area (Å²) in [5, 5.41) is 1.36. The second-order valence-corrected chi connectivity index (χ2v) is 6.27. The van der Waals surface area contributed by atoms with E-state index < -0.39 is 0 Å². The van der Waals surface area contributed by atoms with Crippen LogP contribution in [0.5, 0.6) is 0 Å². The molecule has 0 saturated heterocycles. The van der Waals surface area contributed by atoms with E-state index in [1.165, 1.54) is 5.56 Å². The normalized spacial score (nSPS) is 12.4. The van der Waals surface area contributed by atoms with Gasteiger partial charge in [0.2, 0.25) is 0 Å². The molecule has 1 atom stereocenters. The highest BCUT2D eigenvalue weighted by Gasteiger charge is 2.16. The van der Waals surface area contributed by atoms with Gasteiger partial charge in [0.1, 0.15) is 0 Å². The number of rotatable bonds is 4. The number of halogens is 3. The molecule has 0 spiro atoms. The van der Waals surface area contributed by atoms with Crippen LogP contribution in [0, 0.1) is 6.92 Å². The van der Waals surface area contributed by atoms with Gasteiger partial charge in [0.05, 0.1) is 6.04 Å². The molecular formula is C15H15BrCl2N2. The summed E-state index contributed by atoms with van der Waals surface area (Å²) >= 11 is 15.9. The summed E-state index contributed by atoms with van der Waals surface area (Å²) in [5.41, 5.74) is 6.09. The van der Waals surface area contributed by atoms with E-state index in [4.69, 9.17) is 29.0 Å². The second kappa shape index (κ2) is 6.92. The molecule has 0 heterocycles. The van der Waals surface area contributed by atoms with Gasteiger partial charge >= 0.3 is 0 Å². The Balaban J connectivity index is 2.34. The van der Waals surface area contributed by atoms with Crippen LogP contribution in [0.1, 0.15) is 22.7 Å². The van der Waals surface area contributed by atoms with Gasteiger partial charge in [0.15, 0.2) is 0 Å². The maximum absolute atomic E-state index is 6.22. The number of hydrogen-bond acceptors (Lipinski definition) is 2. The Bertz CT molecular complexity index is 617. The molecule has 2 rings (SSSR count). The molecule has 0 aliphatic heterocycles. The van der Waals surface area contributed by atoms with Gasteiger partial charge in [-0.25, -0.2) is 0 Å². The highest BCUT2D eigenvalue weighted by Crippen LogP contribution is 2.31. The van der Waals surface area contributed by atoms with Crippen molar-refractivity contribution < 1.29 is 0 Å². The number of hydrazine groups is 1. The van der Waals surface area contributed by atoms with E-state index in [-0.39, 0.29) is 6.04 Å². The lowest BCUT2D eigenvalue weighted by molar-refractivity contribution is 0.549. The lowest BCUT2D eigenvalue weighted by Crippen LogP contribution is -2.30. The van der Waals surface area contributed by atoms with E-state index >= 15 is 0 Å². The molecule has 0 aliphatic rings. The average molecular weight is 374 g/mol. The highest BCUT2D eigenvalue weighted by atomic mass is 79.9. The average Bonchev–Trinajstić information content (AvgIpc) is 2.43. The Morgan fingerprint density at radius 3 is 2.70 bits per heavy atom. The quantitative estimate of drug-likeness (QED) is 0.596. The van der Waals surface area contributed by atoms with Gasteiger partial charge in [-0.05, 0) is 48.2 Å². The molecule has 0 bridgehead atoms. The van der Waals surface area contributed by atoms with Gasteiger partial charge in [-0.1, -0.05) is 57.3 Å². The minimum absolute atomic E-state index is 0.0414. The fourth-order valence-electron chi connectivity index (χ4n) is 2.12. The Morgan fingerprint density at radius 1 is 1.25 bits per heavy atom. The molecule has 0 fully saturated rings. The fourth-order valence-corrected chi connectivity index (χ4v) is 3.05. The third kappa shape index (κ3) is 3.54. The van der Waals surface area contributed by atoms with E-state index in [9.17, 15) is 0 Å². The van der Waals surface area contributed by atoms with Gasteiger partial charge in [-0.15, -0.1) is 0 Å². The number of nitrogens with one attached hydrogen (secondary N) is 1. The third-order valence-electron chi connectivity index (χ3n) is 3.23. The van der Waals surface area contributed by atoms with Crippen LogP contribution in [0.15, 0.2) is 40.9 Å². The smallest absolute Gasteiger partial charge is 0.0512 e. The van der Waals surface area contributed by atoms with Crippen LogP contribution >= 0.6 is 39.1 Å². The zero-order valence-corrected chi connectivity index (χ0v) is 14.1. The maximum Gasteiger partial charge on any atom is 0.0512 e. The largest absolute Gasteiger partial charge is 0.271 e. The van der Waals surface area contributed by atoms with Crippen molar-refractivity contribution >= 4 is 39.1 Å². The Kier molecular flexibility index (Phi) is 5.47. The van der Waals surface area contributed by atoms with Crippen molar-refractivity contribution in [3.8, 4) is 0 Å². The molecular weight excluding hydrogens is 359 g/mol. The van der Waals surface area contributed by atoms with Crippen molar-refractivity contribution in [3.63, 3.8) is 0 Å². The fraction of sp³-hybridized carbons (Fsp3) is 0.200. The SMILES string of the molecule is Cc1cccc(C(Cc2cc(Cl)ccc2Cl)NN)c1Br. The Morgan fingerprint density at radius 2 is 2.00 bits per heavy atom. The zero-order chi connectivity index (χ0) is 14.7. The number of hydrogen-bond donors (Lipinski definition) is 2. The van der Waals surface area contributed by atoms with E-state index in [1.807, 2.05) is 31.2 Å². The van der Waals surface area contributed by atoms with Gasteiger partial charge in [-0.3, -0.25) is 11.3 Å². The maximum atomic E-state index is 6.22. The molecule has 2 nitrogen and oxygen atoms in total. The molecule has 20 heavy (non-hydrogen) atoms. The Hall–Kier alpha value is -0.580. The molecule has 1 unspecified atom stereocenters. The summed E-state index contributed by atoms with van der Waals surface area (Å²) < 4.78 is 1.06. The monoisotopic (exact) mass is 372 g/mol. The second-order valence-electron chi connectivity index (χ2n) is 4.64. The molecule has 106 valence electrons. The van der Waals surface area contributed by atoms with Crippen LogP contribution in [0.3, 0.4) is 0 Å². The first kappa shape index (κ1) is 15.8. The summed E-state index contributed by atoms with van der Waals surface area (Å²) in [4.78, 5) is 0. The summed E-state index contributed by atoms with van der Waals surface area (Å²) in [7, 11) is 0. The molecule has 5 heteroatoms. The molecule has 2 aromatic carbocycles. The summed E-state index contributed by atoms with van der Waals surface area (Å²) in [6, 6.07) is 11.5. The molecule has 3 N–H and O–H groups in total. The topological polar surface area (TPSA) is 38.0 Å². The van der Waals surface area contributed by atoms with Gasteiger partial charge < -0.3 is 0 Å². The predicted molar refractivity (Wildman–Crippen MR) is 89.1 cm³/mol. The van der Waals surface area contributed by atoms with E-state index in [0.29, 0.717) is 16.5 Å². The lowest BCUT2D eigenvalue weighted by Gasteiger charge is -2.19. The predicted octanol–water partition coefficient (Wildman–Crippen LogP) is 4.81. The zero-order valence-electron chi connectivity index (χ0n) is 11.0. The standard InChI is InChI=1S/C15H15BrCl2N2/c1-9-3-2-4-12(15(9)16)14(20-19)8-10-7-11(17)5-6-13(10)18/h2-7,14,20H,8,19H2,1H3. The molecule has 0 aromatic heterocycles. The van der Waals surface area contributed by atoms with Crippen molar-refractivity contribution in [1.82, 2.24) is 5.43 Å². The van der Waals surface area contributed by atoms with Crippen molar-refractivity contribution in [3.05, 3.63) is 67.6 Å². The van der Waals surface area contributed by atoms with Crippen molar-refractivity contribution in [2.45, 2.75) is 19.4 Å².